The average Bonchev–Trinajstić information content (AvgIpc) is 2.30. The Kier molecular flexibility index (Phi) is 1.98. The van der Waals surface area contributed by atoms with Crippen molar-refractivity contribution in [3.05, 3.63) is 0 Å². The van der Waals surface area contributed by atoms with E-state index < -0.39 is 5.91 Å². The Labute approximate surface area is 77.1 Å². The third kappa shape index (κ3) is 1.41. The molecule has 2 aliphatic rings. The lowest BCUT2D eigenvalue weighted by atomic mass is 9.91. The minimum atomic E-state index is -0.522. The molecule has 72 valence electrons. The van der Waals surface area contributed by atoms with Gasteiger partial charge in [-0.15, -0.1) is 0 Å². The maximum absolute atomic E-state index is 11.4. The Hall–Kier alpha value is -1.06. The SMILES string of the molecule is NC(=O)CC(=O)N1CC2CCCC21. The summed E-state index contributed by atoms with van der Waals surface area (Å²) in [7, 11) is 0. The zero-order valence-corrected chi connectivity index (χ0v) is 7.53. The molecule has 0 radical (unpaired) electrons. The fraction of sp³-hybridized carbons (Fsp3) is 0.778. The number of fused-ring (bicyclic) bond motifs is 1. The Morgan fingerprint density at radius 3 is 2.77 bits per heavy atom. The third-order valence-electron chi connectivity index (χ3n) is 3.10. The molecule has 4 nitrogen and oxygen atoms in total. The minimum Gasteiger partial charge on any atom is -0.369 e. The number of rotatable bonds is 2. The summed E-state index contributed by atoms with van der Waals surface area (Å²) in [5.41, 5.74) is 4.96. The number of nitrogens with zero attached hydrogens (tertiary/aromatic N) is 1. The molecule has 1 saturated heterocycles. The van der Waals surface area contributed by atoms with Crippen LogP contribution < -0.4 is 5.73 Å². The van der Waals surface area contributed by atoms with Crippen LogP contribution in [0, 0.1) is 5.92 Å². The number of amides is 2. The maximum atomic E-state index is 11.4. The van der Waals surface area contributed by atoms with Crippen LogP contribution in [0.5, 0.6) is 0 Å². The molecule has 13 heavy (non-hydrogen) atoms. The second kappa shape index (κ2) is 3.01. The summed E-state index contributed by atoms with van der Waals surface area (Å²) < 4.78 is 0. The van der Waals surface area contributed by atoms with Gasteiger partial charge in [-0.05, 0) is 18.8 Å². The number of hydrogen-bond donors (Lipinski definition) is 1. The van der Waals surface area contributed by atoms with E-state index in [2.05, 4.69) is 0 Å². The molecule has 2 N–H and O–H groups in total. The average molecular weight is 182 g/mol. The Bertz CT molecular complexity index is 252. The van der Waals surface area contributed by atoms with Crippen molar-refractivity contribution in [3.63, 3.8) is 0 Å². The smallest absolute Gasteiger partial charge is 0.232 e. The monoisotopic (exact) mass is 182 g/mol. The second-order valence-corrected chi connectivity index (χ2v) is 3.95. The highest BCUT2D eigenvalue weighted by Crippen LogP contribution is 2.38. The van der Waals surface area contributed by atoms with Crippen LogP contribution in [0.3, 0.4) is 0 Å². The van der Waals surface area contributed by atoms with Crippen molar-refractivity contribution in [1.29, 1.82) is 0 Å². The van der Waals surface area contributed by atoms with Crippen molar-refractivity contribution in [3.8, 4) is 0 Å². The van der Waals surface area contributed by atoms with Gasteiger partial charge in [0.25, 0.3) is 0 Å². The Morgan fingerprint density at radius 1 is 1.38 bits per heavy atom. The van der Waals surface area contributed by atoms with E-state index in [4.69, 9.17) is 5.73 Å². The fourth-order valence-corrected chi connectivity index (χ4v) is 2.43. The van der Waals surface area contributed by atoms with Gasteiger partial charge < -0.3 is 10.6 Å². The molecular weight excluding hydrogens is 168 g/mol. The van der Waals surface area contributed by atoms with E-state index in [1.807, 2.05) is 4.90 Å². The largest absolute Gasteiger partial charge is 0.369 e. The van der Waals surface area contributed by atoms with Gasteiger partial charge >= 0.3 is 0 Å². The van der Waals surface area contributed by atoms with Gasteiger partial charge in [0.2, 0.25) is 11.8 Å². The first-order valence-corrected chi connectivity index (χ1v) is 4.76. The van der Waals surface area contributed by atoms with E-state index in [-0.39, 0.29) is 12.3 Å². The molecule has 1 aliphatic heterocycles. The number of carbonyl (C=O) groups is 2. The van der Waals surface area contributed by atoms with Crippen LogP contribution >= 0.6 is 0 Å². The molecule has 2 atom stereocenters. The number of hydrogen-bond acceptors (Lipinski definition) is 2. The molecule has 0 aromatic carbocycles. The second-order valence-electron chi connectivity index (χ2n) is 3.95. The van der Waals surface area contributed by atoms with Crippen LogP contribution in [0.4, 0.5) is 0 Å². The summed E-state index contributed by atoms with van der Waals surface area (Å²) in [6.07, 6.45) is 3.44. The van der Waals surface area contributed by atoms with Crippen LogP contribution in [0.25, 0.3) is 0 Å². The molecule has 1 aliphatic carbocycles. The number of likely N-dealkylation sites (tertiary alicyclic amines) is 1. The summed E-state index contributed by atoms with van der Waals surface area (Å²) in [5.74, 6) is 0.0962. The van der Waals surface area contributed by atoms with Crippen LogP contribution in [-0.4, -0.2) is 29.3 Å². The molecule has 2 unspecified atom stereocenters. The van der Waals surface area contributed by atoms with Gasteiger partial charge in [0.05, 0.1) is 0 Å². The molecular formula is C9H14N2O2. The quantitative estimate of drug-likeness (QED) is 0.605. The normalized spacial score (nSPS) is 30.9. The molecule has 0 aromatic rings. The standard InChI is InChI=1S/C9H14N2O2/c10-8(12)4-9(13)11-5-6-2-1-3-7(6)11/h6-7H,1-5H2,(H2,10,12). The number of nitrogens with two attached hydrogens (primary N) is 1. The number of primary amides is 1. The van der Waals surface area contributed by atoms with Crippen molar-refractivity contribution >= 4 is 11.8 Å². The Balaban J connectivity index is 1.89. The van der Waals surface area contributed by atoms with Crippen molar-refractivity contribution in [1.82, 2.24) is 4.90 Å². The summed E-state index contributed by atoms with van der Waals surface area (Å²) in [4.78, 5) is 23.7. The van der Waals surface area contributed by atoms with Crippen LogP contribution in [0.1, 0.15) is 25.7 Å². The minimum absolute atomic E-state index is 0.0874. The van der Waals surface area contributed by atoms with Gasteiger partial charge in [-0.1, -0.05) is 6.42 Å². The van der Waals surface area contributed by atoms with Crippen LogP contribution in [0.2, 0.25) is 0 Å². The Morgan fingerprint density at radius 2 is 2.15 bits per heavy atom. The van der Waals surface area contributed by atoms with Gasteiger partial charge in [-0.2, -0.15) is 0 Å². The lowest BCUT2D eigenvalue weighted by Gasteiger charge is -2.44. The maximum Gasteiger partial charge on any atom is 0.232 e. The molecule has 2 amide bonds. The molecule has 0 spiro atoms. The van der Waals surface area contributed by atoms with Gasteiger partial charge in [0, 0.05) is 12.6 Å². The van der Waals surface area contributed by atoms with E-state index in [0.29, 0.717) is 12.0 Å². The highest BCUT2D eigenvalue weighted by atomic mass is 16.2. The first-order chi connectivity index (χ1) is 6.18. The summed E-state index contributed by atoms with van der Waals surface area (Å²) in [5, 5.41) is 0. The lowest BCUT2D eigenvalue weighted by Crippen LogP contribution is -2.56. The first kappa shape index (κ1) is 8.53. The topological polar surface area (TPSA) is 63.4 Å². The highest BCUT2D eigenvalue weighted by molar-refractivity contribution is 5.96. The summed E-state index contributed by atoms with van der Waals surface area (Å²) in [6, 6.07) is 0.423. The molecule has 1 heterocycles. The fourth-order valence-electron chi connectivity index (χ4n) is 2.43. The molecule has 2 rings (SSSR count). The zero-order chi connectivity index (χ0) is 9.42. The van der Waals surface area contributed by atoms with E-state index in [1.165, 1.54) is 12.8 Å². The lowest BCUT2D eigenvalue weighted by molar-refractivity contribution is -0.144. The first-order valence-electron chi connectivity index (χ1n) is 4.76. The van der Waals surface area contributed by atoms with Gasteiger partial charge in [0.15, 0.2) is 0 Å². The molecule has 0 aromatic heterocycles. The number of carbonyl (C=O) groups excluding carboxylic acids is 2. The van der Waals surface area contributed by atoms with Crippen molar-refractivity contribution in [2.45, 2.75) is 31.7 Å². The third-order valence-corrected chi connectivity index (χ3v) is 3.10. The van der Waals surface area contributed by atoms with E-state index >= 15 is 0 Å². The van der Waals surface area contributed by atoms with Crippen LogP contribution in [-0.2, 0) is 9.59 Å². The van der Waals surface area contributed by atoms with Crippen molar-refractivity contribution < 1.29 is 9.59 Å². The molecule has 0 bridgehead atoms. The molecule has 2 fully saturated rings. The molecule has 1 saturated carbocycles. The molecule has 4 heteroatoms. The summed E-state index contributed by atoms with van der Waals surface area (Å²) >= 11 is 0. The summed E-state index contributed by atoms with van der Waals surface area (Å²) in [6.45, 7) is 0.844. The van der Waals surface area contributed by atoms with E-state index in [0.717, 1.165) is 13.0 Å². The zero-order valence-electron chi connectivity index (χ0n) is 7.53. The van der Waals surface area contributed by atoms with E-state index in [9.17, 15) is 9.59 Å². The highest BCUT2D eigenvalue weighted by Gasteiger charge is 2.44. The van der Waals surface area contributed by atoms with E-state index in [1.54, 1.807) is 0 Å². The van der Waals surface area contributed by atoms with Crippen LogP contribution in [0.15, 0.2) is 0 Å². The predicted molar refractivity (Wildman–Crippen MR) is 46.7 cm³/mol. The predicted octanol–water partition coefficient (Wildman–Crippen LogP) is -0.127. The van der Waals surface area contributed by atoms with Crippen molar-refractivity contribution in [2.75, 3.05) is 6.54 Å². The van der Waals surface area contributed by atoms with Gasteiger partial charge in [0.1, 0.15) is 6.42 Å². The van der Waals surface area contributed by atoms with Gasteiger partial charge in [-0.25, -0.2) is 0 Å². The van der Waals surface area contributed by atoms with Crippen molar-refractivity contribution in [2.24, 2.45) is 11.7 Å². The van der Waals surface area contributed by atoms with Gasteiger partial charge in [-0.3, -0.25) is 9.59 Å².